The van der Waals surface area contributed by atoms with Gasteiger partial charge >= 0.3 is 6.09 Å². The summed E-state index contributed by atoms with van der Waals surface area (Å²) < 4.78 is 35.6. The number of fused-ring (bicyclic) bond motifs is 1. The summed E-state index contributed by atoms with van der Waals surface area (Å²) in [5, 5.41) is 0.802. The van der Waals surface area contributed by atoms with Gasteiger partial charge in [-0.3, -0.25) is 4.57 Å². The van der Waals surface area contributed by atoms with Crippen LogP contribution in [0.15, 0.2) is 30.7 Å². The Balaban J connectivity index is 1.65. The molecule has 10 heteroatoms. The fraction of sp³-hybridized carbons (Fsp3) is 0.409. The van der Waals surface area contributed by atoms with Gasteiger partial charge in [0.25, 0.3) is 0 Å². The standard InChI is InChI=1S/C22H24F2IN5O2/c1-13-10-28(5-6-29(13)21(31)32-22(2,3)4)19-18-17(25)11-30(20(18)27-12-26-19)16-8-14(23)7-15(24)9-16/h7-9,11-13H,5-6,10H2,1-4H3. The first kappa shape index (κ1) is 22.7. The summed E-state index contributed by atoms with van der Waals surface area (Å²) in [6.45, 7) is 9.16. The molecule has 1 aliphatic rings. The normalized spacial score (nSPS) is 17.2. The summed E-state index contributed by atoms with van der Waals surface area (Å²) in [5.41, 5.74) is 0.358. The van der Waals surface area contributed by atoms with E-state index in [0.29, 0.717) is 31.0 Å². The molecule has 0 N–H and O–H groups in total. The average molecular weight is 555 g/mol. The van der Waals surface area contributed by atoms with Crippen LogP contribution in [0.3, 0.4) is 0 Å². The number of hydrogen-bond acceptors (Lipinski definition) is 5. The molecule has 0 saturated carbocycles. The number of anilines is 1. The van der Waals surface area contributed by atoms with E-state index in [1.54, 1.807) is 15.7 Å². The van der Waals surface area contributed by atoms with Crippen LogP contribution in [0.4, 0.5) is 19.4 Å². The van der Waals surface area contributed by atoms with Crippen molar-refractivity contribution < 1.29 is 18.3 Å². The third kappa shape index (κ3) is 4.50. The molecular formula is C22H24F2IN5O2. The SMILES string of the molecule is CC1CN(c2ncnc3c2c(I)cn3-c2cc(F)cc(F)c2)CCN1C(=O)OC(C)(C)C. The summed E-state index contributed by atoms with van der Waals surface area (Å²) >= 11 is 2.18. The Hall–Kier alpha value is -2.50. The largest absolute Gasteiger partial charge is 0.444 e. The topological polar surface area (TPSA) is 63.5 Å². The maximum absolute atomic E-state index is 13.8. The van der Waals surface area contributed by atoms with Crippen molar-refractivity contribution in [3.8, 4) is 5.69 Å². The molecular weight excluding hydrogens is 531 g/mol. The van der Waals surface area contributed by atoms with Crippen LogP contribution in [-0.2, 0) is 4.74 Å². The zero-order valence-corrected chi connectivity index (χ0v) is 20.4. The molecule has 2 aromatic heterocycles. The van der Waals surface area contributed by atoms with Crippen LogP contribution < -0.4 is 4.90 Å². The highest BCUT2D eigenvalue weighted by atomic mass is 127. The highest BCUT2D eigenvalue weighted by Crippen LogP contribution is 2.32. The third-order valence-corrected chi connectivity index (χ3v) is 6.02. The summed E-state index contributed by atoms with van der Waals surface area (Å²) in [7, 11) is 0. The van der Waals surface area contributed by atoms with Gasteiger partial charge in [-0.05, 0) is 62.4 Å². The molecule has 1 fully saturated rings. The summed E-state index contributed by atoms with van der Waals surface area (Å²) in [6, 6.07) is 3.29. The van der Waals surface area contributed by atoms with Crippen LogP contribution in [0.25, 0.3) is 16.7 Å². The van der Waals surface area contributed by atoms with Crippen molar-refractivity contribution in [1.82, 2.24) is 19.4 Å². The molecule has 0 radical (unpaired) electrons. The molecule has 1 aromatic carbocycles. The van der Waals surface area contributed by atoms with E-state index in [1.165, 1.54) is 18.5 Å². The molecule has 0 spiro atoms. The number of amides is 1. The van der Waals surface area contributed by atoms with Crippen molar-refractivity contribution >= 4 is 45.5 Å². The minimum atomic E-state index is -0.654. The predicted molar refractivity (Wildman–Crippen MR) is 126 cm³/mol. The first-order chi connectivity index (χ1) is 15.0. The van der Waals surface area contributed by atoms with Crippen LogP contribution in [-0.4, -0.2) is 56.8 Å². The van der Waals surface area contributed by atoms with E-state index in [4.69, 9.17) is 4.74 Å². The Morgan fingerprint density at radius 1 is 1.16 bits per heavy atom. The van der Waals surface area contributed by atoms with Crippen molar-refractivity contribution in [1.29, 1.82) is 0 Å². The second-order valence-corrected chi connectivity index (χ2v) is 10.0. The average Bonchev–Trinajstić information content (AvgIpc) is 3.03. The van der Waals surface area contributed by atoms with E-state index in [-0.39, 0.29) is 12.1 Å². The molecule has 1 saturated heterocycles. The van der Waals surface area contributed by atoms with Crippen molar-refractivity contribution in [2.24, 2.45) is 0 Å². The summed E-state index contributed by atoms with van der Waals surface area (Å²) in [5.74, 6) is -0.581. The molecule has 3 heterocycles. The fourth-order valence-corrected chi connectivity index (χ4v) is 4.62. The number of carbonyl (C=O) groups is 1. The number of carbonyl (C=O) groups excluding carboxylic acids is 1. The predicted octanol–water partition coefficient (Wildman–Crippen LogP) is 4.75. The third-order valence-electron chi connectivity index (χ3n) is 5.20. The van der Waals surface area contributed by atoms with Crippen molar-refractivity contribution in [2.45, 2.75) is 39.3 Å². The second-order valence-electron chi connectivity index (χ2n) is 8.84. The molecule has 1 amide bonds. The van der Waals surface area contributed by atoms with Crippen LogP contribution in [0.5, 0.6) is 0 Å². The first-order valence-corrected chi connectivity index (χ1v) is 11.3. The molecule has 7 nitrogen and oxygen atoms in total. The molecule has 0 aliphatic carbocycles. The zero-order chi connectivity index (χ0) is 23.2. The van der Waals surface area contributed by atoms with Crippen LogP contribution in [0, 0.1) is 15.2 Å². The molecule has 3 aromatic rings. The van der Waals surface area contributed by atoms with Gasteiger partial charge in [0.15, 0.2) is 5.65 Å². The lowest BCUT2D eigenvalue weighted by Crippen LogP contribution is -2.55. The Bertz CT molecular complexity index is 1160. The van der Waals surface area contributed by atoms with E-state index >= 15 is 0 Å². The van der Waals surface area contributed by atoms with E-state index < -0.39 is 17.2 Å². The minimum absolute atomic E-state index is 0.0827. The van der Waals surface area contributed by atoms with Crippen LogP contribution in [0.2, 0.25) is 0 Å². The number of nitrogens with zero attached hydrogens (tertiary/aromatic N) is 5. The van der Waals surface area contributed by atoms with Gasteiger partial charge in [0.1, 0.15) is 29.4 Å². The van der Waals surface area contributed by atoms with E-state index in [1.807, 2.05) is 27.7 Å². The van der Waals surface area contributed by atoms with Crippen molar-refractivity contribution in [3.63, 3.8) is 0 Å². The highest BCUT2D eigenvalue weighted by molar-refractivity contribution is 14.1. The van der Waals surface area contributed by atoms with Gasteiger partial charge in [-0.2, -0.15) is 0 Å². The number of rotatable bonds is 2. The Morgan fingerprint density at radius 2 is 1.84 bits per heavy atom. The first-order valence-electron chi connectivity index (χ1n) is 10.3. The van der Waals surface area contributed by atoms with Gasteiger partial charge < -0.3 is 14.5 Å². The number of piperazine rings is 1. The fourth-order valence-electron chi connectivity index (χ4n) is 3.86. The van der Waals surface area contributed by atoms with E-state index in [9.17, 15) is 13.6 Å². The number of benzene rings is 1. The number of aromatic nitrogens is 3. The number of ether oxygens (including phenoxy) is 1. The lowest BCUT2D eigenvalue weighted by molar-refractivity contribution is 0.0159. The summed E-state index contributed by atoms with van der Waals surface area (Å²) in [6.07, 6.45) is 2.91. The van der Waals surface area contributed by atoms with E-state index in [2.05, 4.69) is 37.5 Å². The summed E-state index contributed by atoms with van der Waals surface area (Å²) in [4.78, 5) is 25.3. The van der Waals surface area contributed by atoms with Gasteiger partial charge in [0, 0.05) is 41.5 Å². The lowest BCUT2D eigenvalue weighted by Gasteiger charge is -2.40. The maximum atomic E-state index is 13.8. The van der Waals surface area contributed by atoms with Crippen LogP contribution >= 0.6 is 22.6 Å². The van der Waals surface area contributed by atoms with E-state index in [0.717, 1.165) is 20.8 Å². The molecule has 170 valence electrons. The number of hydrogen-bond donors (Lipinski definition) is 0. The van der Waals surface area contributed by atoms with Gasteiger partial charge in [-0.15, -0.1) is 0 Å². The minimum Gasteiger partial charge on any atom is -0.444 e. The second kappa shape index (κ2) is 8.45. The quantitative estimate of drug-likeness (QED) is 0.428. The van der Waals surface area contributed by atoms with Crippen molar-refractivity contribution in [3.05, 3.63) is 45.9 Å². The molecule has 0 bridgehead atoms. The van der Waals surface area contributed by atoms with Gasteiger partial charge in [0.05, 0.1) is 11.1 Å². The highest BCUT2D eigenvalue weighted by Gasteiger charge is 2.32. The Labute approximate surface area is 198 Å². The molecule has 4 rings (SSSR count). The smallest absolute Gasteiger partial charge is 0.410 e. The van der Waals surface area contributed by atoms with Gasteiger partial charge in [-0.25, -0.2) is 23.5 Å². The van der Waals surface area contributed by atoms with Crippen LogP contribution in [0.1, 0.15) is 27.7 Å². The van der Waals surface area contributed by atoms with Gasteiger partial charge in [-0.1, -0.05) is 0 Å². The zero-order valence-electron chi connectivity index (χ0n) is 18.3. The number of halogens is 3. The molecule has 1 aliphatic heterocycles. The monoisotopic (exact) mass is 555 g/mol. The molecule has 1 atom stereocenters. The Morgan fingerprint density at radius 3 is 2.47 bits per heavy atom. The lowest BCUT2D eigenvalue weighted by atomic mass is 10.2. The molecule has 32 heavy (non-hydrogen) atoms. The molecule has 1 unspecified atom stereocenters. The van der Waals surface area contributed by atoms with Crippen molar-refractivity contribution in [2.75, 3.05) is 24.5 Å². The van der Waals surface area contributed by atoms with Gasteiger partial charge in [0.2, 0.25) is 0 Å². The Kier molecular flexibility index (Phi) is 5.99. The maximum Gasteiger partial charge on any atom is 0.410 e.